The lowest BCUT2D eigenvalue weighted by atomic mass is 10.0. The predicted octanol–water partition coefficient (Wildman–Crippen LogP) is 4.20. The highest BCUT2D eigenvalue weighted by atomic mass is 35.5. The number of aromatic nitrogens is 3. The summed E-state index contributed by atoms with van der Waals surface area (Å²) in [4.78, 5) is 17.4. The summed E-state index contributed by atoms with van der Waals surface area (Å²) in [5.41, 5.74) is -0.337. The van der Waals surface area contributed by atoms with E-state index in [-0.39, 0.29) is 16.4 Å². The van der Waals surface area contributed by atoms with Crippen LogP contribution in [-0.4, -0.2) is 38.4 Å². The van der Waals surface area contributed by atoms with Gasteiger partial charge in [-0.1, -0.05) is 11.6 Å². The summed E-state index contributed by atoms with van der Waals surface area (Å²) in [5, 5.41) is 3.68. The van der Waals surface area contributed by atoms with Gasteiger partial charge in [-0.3, -0.25) is 4.68 Å². The van der Waals surface area contributed by atoms with Crippen molar-refractivity contribution < 1.29 is 18.0 Å². The minimum atomic E-state index is -2.58. The Balaban J connectivity index is 2.55. The van der Waals surface area contributed by atoms with Crippen molar-refractivity contribution >= 4 is 17.7 Å². The molecule has 0 N–H and O–H groups in total. The average molecular weight is 372 g/mol. The Morgan fingerprint density at radius 3 is 2.80 bits per heavy atom. The summed E-state index contributed by atoms with van der Waals surface area (Å²) < 4.78 is 43.4. The van der Waals surface area contributed by atoms with E-state index in [1.54, 1.807) is 27.7 Å². The van der Waals surface area contributed by atoms with E-state index in [4.69, 9.17) is 20.5 Å². The van der Waals surface area contributed by atoms with Crippen LogP contribution >= 0.6 is 11.6 Å². The molecule has 0 fully saturated rings. The second-order valence-electron chi connectivity index (χ2n) is 6.61. The summed E-state index contributed by atoms with van der Waals surface area (Å²) in [5.74, 6) is -0.826. The number of amides is 1. The van der Waals surface area contributed by atoms with Gasteiger partial charge in [0.2, 0.25) is 0 Å². The first-order chi connectivity index (χ1) is 12.7. The molecule has 0 radical (unpaired) electrons. The fourth-order valence-electron chi connectivity index (χ4n) is 2.20. The van der Waals surface area contributed by atoms with Crippen LogP contribution in [0.1, 0.15) is 43.4 Å². The summed E-state index contributed by atoms with van der Waals surface area (Å²) in [7, 11) is 1.51. The van der Waals surface area contributed by atoms with Crippen molar-refractivity contribution in [2.45, 2.75) is 39.3 Å². The smallest absolute Gasteiger partial charge is 0.410 e. The zero-order chi connectivity index (χ0) is 21.4. The summed E-state index contributed by atoms with van der Waals surface area (Å²) >= 11 is 5.76. The van der Waals surface area contributed by atoms with Crippen molar-refractivity contribution in [1.29, 1.82) is 0 Å². The lowest BCUT2D eigenvalue weighted by Gasteiger charge is -2.28. The molecule has 1 amide bonds. The Morgan fingerprint density at radius 2 is 2.20 bits per heavy atom. The van der Waals surface area contributed by atoms with E-state index in [0.717, 1.165) is 4.68 Å². The van der Waals surface area contributed by atoms with Gasteiger partial charge in [-0.2, -0.15) is 5.10 Å². The molecule has 6 nitrogen and oxygen atoms in total. The van der Waals surface area contributed by atoms with Crippen LogP contribution in [0.25, 0.3) is 11.3 Å². The maximum atomic E-state index is 14.5. The molecule has 25 heavy (non-hydrogen) atoms. The summed E-state index contributed by atoms with van der Waals surface area (Å²) in [6.45, 7) is 4.28. The van der Waals surface area contributed by atoms with Gasteiger partial charge in [0, 0.05) is 41.7 Å². The van der Waals surface area contributed by atoms with E-state index in [1.807, 2.05) is 0 Å². The lowest BCUT2D eigenvalue weighted by Crippen LogP contribution is -2.35. The van der Waals surface area contributed by atoms with E-state index in [2.05, 4.69) is 10.1 Å². The van der Waals surface area contributed by atoms with Crippen molar-refractivity contribution in [3.63, 3.8) is 0 Å². The molecule has 2 heterocycles. The monoisotopic (exact) mass is 371 g/mol. The van der Waals surface area contributed by atoms with Crippen LogP contribution in [0.4, 0.5) is 9.18 Å². The third-order valence-corrected chi connectivity index (χ3v) is 3.82. The second-order valence-corrected chi connectivity index (χ2v) is 6.97. The van der Waals surface area contributed by atoms with E-state index in [1.165, 1.54) is 30.4 Å². The van der Waals surface area contributed by atoms with Gasteiger partial charge in [-0.05, 0) is 33.8 Å². The number of carbonyl (C=O) groups is 1. The van der Waals surface area contributed by atoms with Gasteiger partial charge in [0.25, 0.3) is 0 Å². The number of rotatable bonds is 3. The van der Waals surface area contributed by atoms with E-state index >= 15 is 0 Å². The molecule has 0 spiro atoms. The quantitative estimate of drug-likeness (QED) is 0.758. The van der Waals surface area contributed by atoms with Gasteiger partial charge in [0.05, 0.1) is 6.04 Å². The van der Waals surface area contributed by atoms with Crippen molar-refractivity contribution in [2.24, 2.45) is 6.98 Å². The maximum Gasteiger partial charge on any atom is 0.410 e. The first-order valence-corrected chi connectivity index (χ1v) is 7.96. The van der Waals surface area contributed by atoms with E-state index in [0.29, 0.717) is 5.56 Å². The number of carbonyl (C=O) groups excluding carboxylic acids is 1. The molecule has 2 aromatic rings. The zero-order valence-electron chi connectivity index (χ0n) is 17.7. The van der Waals surface area contributed by atoms with Crippen molar-refractivity contribution in [1.82, 2.24) is 19.7 Å². The molecule has 0 aliphatic rings. The zero-order valence-corrected chi connectivity index (χ0v) is 15.4. The van der Waals surface area contributed by atoms with Crippen LogP contribution in [0.15, 0.2) is 18.5 Å². The molecule has 0 aliphatic carbocycles. The Labute approximate surface area is 155 Å². The van der Waals surface area contributed by atoms with Crippen molar-refractivity contribution in [2.75, 3.05) is 7.05 Å². The molecule has 0 bridgehead atoms. The van der Waals surface area contributed by atoms with Crippen molar-refractivity contribution in [3.8, 4) is 11.3 Å². The van der Waals surface area contributed by atoms with Crippen LogP contribution < -0.4 is 0 Å². The minimum absolute atomic E-state index is 0.0116. The van der Waals surface area contributed by atoms with Crippen LogP contribution in [0, 0.1) is 5.82 Å². The highest BCUT2D eigenvalue weighted by Gasteiger charge is 2.28. The van der Waals surface area contributed by atoms with E-state index < -0.39 is 30.5 Å². The molecule has 1 atom stereocenters. The molecular formula is C17H22ClFN4O2. The van der Waals surface area contributed by atoms with Gasteiger partial charge in [0.15, 0.2) is 11.0 Å². The Kier molecular flexibility index (Phi) is 4.23. The number of halogens is 2. The number of aryl methyl sites for hydroxylation is 1. The molecular weight excluding hydrogens is 347 g/mol. The molecule has 0 saturated carbocycles. The fourth-order valence-corrected chi connectivity index (χ4v) is 2.36. The van der Waals surface area contributed by atoms with Gasteiger partial charge < -0.3 is 9.64 Å². The molecule has 1 unspecified atom stereocenters. The molecule has 0 aromatic carbocycles. The molecule has 2 rings (SSSR count). The Hall–Kier alpha value is -2.15. The van der Waals surface area contributed by atoms with Crippen molar-refractivity contribution in [3.05, 3.63) is 35.0 Å². The van der Waals surface area contributed by atoms with Crippen LogP contribution in [0.3, 0.4) is 0 Å². The highest BCUT2D eigenvalue weighted by molar-refractivity contribution is 6.29. The lowest BCUT2D eigenvalue weighted by molar-refractivity contribution is 0.0234. The predicted molar refractivity (Wildman–Crippen MR) is 93.8 cm³/mol. The summed E-state index contributed by atoms with van der Waals surface area (Å²) in [6.07, 6.45) is 1.95. The van der Waals surface area contributed by atoms with Gasteiger partial charge in [-0.15, -0.1) is 0 Å². The topological polar surface area (TPSA) is 60.2 Å². The standard InChI is InChI=1S/C17H22ClFN4O2/c1-10(23(6)16(24)25-17(2,3)4)12-9-22(5)21-14(12)11-7-8-20-15(18)13(11)19/h7-10H,1-6H3/i5D3. The van der Waals surface area contributed by atoms with Gasteiger partial charge in [0.1, 0.15) is 11.3 Å². The largest absolute Gasteiger partial charge is 0.444 e. The number of hydrogen-bond donors (Lipinski definition) is 0. The normalized spacial score (nSPS) is 15.1. The second kappa shape index (κ2) is 7.00. The van der Waals surface area contributed by atoms with Crippen LogP contribution in [0.5, 0.6) is 0 Å². The summed E-state index contributed by atoms with van der Waals surface area (Å²) in [6, 6.07) is 0.684. The fraction of sp³-hybridized carbons (Fsp3) is 0.471. The Morgan fingerprint density at radius 1 is 1.52 bits per heavy atom. The molecule has 8 heteroatoms. The molecule has 136 valence electrons. The SMILES string of the molecule is [2H]C([2H])([2H])n1cc(C(C)N(C)C(=O)OC(C)(C)C)c(-c2ccnc(Cl)c2F)n1. The molecule has 2 aromatic heterocycles. The van der Waals surface area contributed by atoms with Gasteiger partial charge >= 0.3 is 6.09 Å². The molecule has 0 saturated heterocycles. The molecule has 0 aliphatic heterocycles. The number of pyridine rings is 1. The maximum absolute atomic E-state index is 14.5. The van der Waals surface area contributed by atoms with Crippen LogP contribution in [-0.2, 0) is 11.7 Å². The first-order valence-electron chi connectivity index (χ1n) is 9.08. The third kappa shape index (κ3) is 4.28. The van der Waals surface area contributed by atoms with E-state index in [9.17, 15) is 9.18 Å². The average Bonchev–Trinajstić information content (AvgIpc) is 2.99. The number of nitrogens with zero attached hydrogens (tertiary/aromatic N) is 4. The first kappa shape index (κ1) is 15.1. The minimum Gasteiger partial charge on any atom is -0.444 e. The van der Waals surface area contributed by atoms with Crippen LogP contribution in [0.2, 0.25) is 5.15 Å². The number of ether oxygens (including phenoxy) is 1. The Bertz CT molecular complexity index is 880. The number of hydrogen-bond acceptors (Lipinski definition) is 4. The third-order valence-electron chi connectivity index (χ3n) is 3.56. The highest BCUT2D eigenvalue weighted by Crippen LogP contribution is 2.33. The van der Waals surface area contributed by atoms with Gasteiger partial charge in [-0.25, -0.2) is 14.2 Å².